The van der Waals surface area contributed by atoms with E-state index in [2.05, 4.69) is 32.4 Å². The summed E-state index contributed by atoms with van der Waals surface area (Å²) in [7, 11) is 0. The minimum atomic E-state index is -0.0833. The number of carbonyl (C=O) groups is 1. The Labute approximate surface area is 240 Å². The van der Waals surface area contributed by atoms with Gasteiger partial charge in [0.05, 0.1) is 30.1 Å². The van der Waals surface area contributed by atoms with Crippen molar-refractivity contribution in [2.75, 3.05) is 37.7 Å². The van der Waals surface area contributed by atoms with Crippen molar-refractivity contribution >= 4 is 17.1 Å². The SMILES string of the molecule is CCOc1cc(-c2ccc(N3CCC(CC(=O)CC4CNC4)(Cc4ccccn4)CC3)nc2)c2c(C#N)cnn2c1. The number of Topliss-reactive ketones (excluding diaryl/α,β-unsaturated/α-hetero) is 1. The Bertz CT molecular complexity index is 1550. The maximum Gasteiger partial charge on any atom is 0.138 e. The molecule has 2 fully saturated rings. The zero-order valence-electron chi connectivity index (χ0n) is 23.4. The number of hydrogen-bond acceptors (Lipinski definition) is 8. The van der Waals surface area contributed by atoms with Gasteiger partial charge in [-0.15, -0.1) is 0 Å². The summed E-state index contributed by atoms with van der Waals surface area (Å²) in [4.78, 5) is 24.9. The molecule has 4 aromatic heterocycles. The summed E-state index contributed by atoms with van der Waals surface area (Å²) >= 11 is 0. The van der Waals surface area contributed by atoms with Crippen LogP contribution in [0.25, 0.3) is 16.6 Å². The van der Waals surface area contributed by atoms with Crippen LogP contribution >= 0.6 is 0 Å². The summed E-state index contributed by atoms with van der Waals surface area (Å²) in [6.45, 7) is 6.05. The zero-order chi connectivity index (χ0) is 28.2. The topological polar surface area (TPSA) is 108 Å². The fourth-order valence-corrected chi connectivity index (χ4v) is 6.20. The third-order valence-electron chi connectivity index (χ3n) is 8.46. The molecule has 1 N–H and O–H groups in total. The van der Waals surface area contributed by atoms with Gasteiger partial charge in [-0.1, -0.05) is 6.07 Å². The second kappa shape index (κ2) is 11.7. The van der Waals surface area contributed by atoms with Crippen molar-refractivity contribution in [2.24, 2.45) is 11.3 Å². The van der Waals surface area contributed by atoms with Gasteiger partial charge >= 0.3 is 0 Å². The minimum absolute atomic E-state index is 0.0833. The summed E-state index contributed by atoms with van der Waals surface area (Å²) in [5.74, 6) is 2.47. The molecule has 41 heavy (non-hydrogen) atoms. The van der Waals surface area contributed by atoms with Gasteiger partial charge in [-0.25, -0.2) is 9.50 Å². The monoisotopic (exact) mass is 549 g/mol. The lowest BCUT2D eigenvalue weighted by atomic mass is 9.70. The molecular weight excluding hydrogens is 514 g/mol. The first kappa shape index (κ1) is 26.9. The number of anilines is 1. The molecule has 0 bridgehead atoms. The molecule has 0 amide bonds. The average Bonchev–Trinajstić information content (AvgIpc) is 3.39. The summed E-state index contributed by atoms with van der Waals surface area (Å²) in [5, 5.41) is 17.3. The highest BCUT2D eigenvalue weighted by molar-refractivity contribution is 5.85. The molecule has 2 saturated heterocycles. The Morgan fingerprint density at radius 3 is 2.68 bits per heavy atom. The molecule has 0 radical (unpaired) electrons. The molecule has 2 aliphatic rings. The van der Waals surface area contributed by atoms with E-state index in [4.69, 9.17) is 9.72 Å². The zero-order valence-corrected chi connectivity index (χ0v) is 23.4. The highest BCUT2D eigenvalue weighted by Gasteiger charge is 2.38. The number of aromatic nitrogens is 4. The Hall–Kier alpha value is -4.29. The Morgan fingerprint density at radius 1 is 1.17 bits per heavy atom. The molecule has 0 spiro atoms. The molecule has 4 aromatic rings. The van der Waals surface area contributed by atoms with Gasteiger partial charge < -0.3 is 15.0 Å². The van der Waals surface area contributed by atoms with Crippen LogP contribution in [-0.4, -0.2) is 58.2 Å². The second-order valence-corrected chi connectivity index (χ2v) is 11.3. The van der Waals surface area contributed by atoms with E-state index >= 15 is 0 Å². The molecule has 210 valence electrons. The van der Waals surface area contributed by atoms with Crippen LogP contribution in [0.5, 0.6) is 5.75 Å². The minimum Gasteiger partial charge on any atom is -0.492 e. The molecule has 0 saturated carbocycles. The smallest absolute Gasteiger partial charge is 0.138 e. The van der Waals surface area contributed by atoms with Crippen LogP contribution in [0, 0.1) is 22.7 Å². The van der Waals surface area contributed by atoms with E-state index in [0.29, 0.717) is 42.5 Å². The number of nitrogens with zero attached hydrogens (tertiary/aromatic N) is 6. The lowest BCUT2D eigenvalue weighted by Gasteiger charge is -2.42. The van der Waals surface area contributed by atoms with Crippen molar-refractivity contribution < 1.29 is 9.53 Å². The maximum absolute atomic E-state index is 13.1. The van der Waals surface area contributed by atoms with E-state index in [1.54, 1.807) is 16.9 Å². The third kappa shape index (κ3) is 5.79. The first-order valence-electron chi connectivity index (χ1n) is 14.4. The molecular formula is C32H35N7O2. The van der Waals surface area contributed by atoms with Crippen LogP contribution in [0.2, 0.25) is 0 Å². The summed E-state index contributed by atoms with van der Waals surface area (Å²) in [5.41, 5.74) is 3.98. The molecule has 9 nitrogen and oxygen atoms in total. The van der Waals surface area contributed by atoms with E-state index in [0.717, 1.165) is 73.6 Å². The fourth-order valence-electron chi connectivity index (χ4n) is 6.20. The van der Waals surface area contributed by atoms with Crippen LogP contribution < -0.4 is 15.0 Å². The first-order valence-corrected chi connectivity index (χ1v) is 14.4. The molecule has 0 unspecified atom stereocenters. The normalized spacial score (nSPS) is 16.7. The van der Waals surface area contributed by atoms with Gasteiger partial charge in [0.1, 0.15) is 23.4 Å². The predicted octanol–water partition coefficient (Wildman–Crippen LogP) is 4.46. The molecule has 0 atom stereocenters. The van der Waals surface area contributed by atoms with E-state index in [9.17, 15) is 10.1 Å². The fraction of sp³-hybridized carbons (Fsp3) is 0.406. The van der Waals surface area contributed by atoms with Gasteiger partial charge in [0.25, 0.3) is 0 Å². The number of pyridine rings is 3. The van der Waals surface area contributed by atoms with Crippen molar-refractivity contribution in [3.63, 3.8) is 0 Å². The van der Waals surface area contributed by atoms with E-state index < -0.39 is 0 Å². The number of rotatable bonds is 10. The number of ether oxygens (including phenoxy) is 1. The summed E-state index contributed by atoms with van der Waals surface area (Å²) in [6, 6.07) is 14.3. The van der Waals surface area contributed by atoms with Crippen molar-refractivity contribution in [3.8, 4) is 22.9 Å². The lowest BCUT2D eigenvalue weighted by molar-refractivity contribution is -0.123. The molecule has 2 aliphatic heterocycles. The van der Waals surface area contributed by atoms with Crippen LogP contribution in [0.15, 0.2) is 61.2 Å². The van der Waals surface area contributed by atoms with E-state index in [1.165, 1.54) is 0 Å². The third-order valence-corrected chi connectivity index (χ3v) is 8.46. The Kier molecular flexibility index (Phi) is 7.66. The summed E-state index contributed by atoms with van der Waals surface area (Å²) < 4.78 is 7.45. The molecule has 6 heterocycles. The van der Waals surface area contributed by atoms with Crippen molar-refractivity contribution in [3.05, 3.63) is 72.4 Å². The number of nitrogens with one attached hydrogen (secondary N) is 1. The predicted molar refractivity (Wildman–Crippen MR) is 157 cm³/mol. The van der Waals surface area contributed by atoms with Crippen molar-refractivity contribution in [2.45, 2.75) is 39.0 Å². The molecule has 6 rings (SSSR count). The Balaban J connectivity index is 1.20. The largest absolute Gasteiger partial charge is 0.492 e. The van der Waals surface area contributed by atoms with Gasteiger partial charge in [-0.05, 0) is 80.9 Å². The molecule has 0 aliphatic carbocycles. The van der Waals surface area contributed by atoms with Gasteiger partial charge in [-0.3, -0.25) is 9.78 Å². The van der Waals surface area contributed by atoms with Crippen LogP contribution in [0.1, 0.15) is 43.9 Å². The number of ketones is 1. The maximum atomic E-state index is 13.1. The number of hydrogen-bond donors (Lipinski definition) is 1. The highest BCUT2D eigenvalue weighted by Crippen LogP contribution is 2.40. The van der Waals surface area contributed by atoms with E-state index in [1.807, 2.05) is 49.6 Å². The number of fused-ring (bicyclic) bond motifs is 1. The number of piperidine rings is 1. The van der Waals surface area contributed by atoms with Gasteiger partial charge in [-0.2, -0.15) is 10.4 Å². The van der Waals surface area contributed by atoms with Crippen molar-refractivity contribution in [1.82, 2.24) is 24.9 Å². The summed E-state index contributed by atoms with van der Waals surface area (Å²) in [6.07, 6.45) is 11.0. The molecule has 0 aromatic carbocycles. The second-order valence-electron chi connectivity index (χ2n) is 11.3. The van der Waals surface area contributed by atoms with Crippen molar-refractivity contribution in [1.29, 1.82) is 5.26 Å². The van der Waals surface area contributed by atoms with Crippen LogP contribution in [0.3, 0.4) is 0 Å². The molecule has 9 heteroatoms. The van der Waals surface area contributed by atoms with Gasteiger partial charge in [0.15, 0.2) is 0 Å². The number of nitriles is 1. The van der Waals surface area contributed by atoms with Gasteiger partial charge in [0, 0.05) is 55.1 Å². The van der Waals surface area contributed by atoms with E-state index in [-0.39, 0.29) is 5.41 Å². The lowest BCUT2D eigenvalue weighted by Crippen LogP contribution is -2.45. The quantitative estimate of drug-likeness (QED) is 0.309. The average molecular weight is 550 g/mol. The highest BCUT2D eigenvalue weighted by atomic mass is 16.5. The van der Waals surface area contributed by atoms with Gasteiger partial charge in [0.2, 0.25) is 0 Å². The van der Waals surface area contributed by atoms with Crippen LogP contribution in [-0.2, 0) is 11.2 Å². The standard InChI is InChI=1S/C32H35N7O2/c1-2-41-28-14-29(31-25(17-33)21-37-39(31)22-28)24-6-7-30(36-20-24)38-11-8-32(9-12-38,15-26-5-3-4-10-35-26)16-27(40)13-23-18-34-19-23/h3-7,10,14,20-23,34H,2,8-9,11-13,15-16,18-19H2,1H3. The van der Waals surface area contributed by atoms with Crippen LogP contribution in [0.4, 0.5) is 5.82 Å². The Morgan fingerprint density at radius 2 is 2.02 bits per heavy atom. The first-order chi connectivity index (χ1) is 20.1. The number of carbonyl (C=O) groups excluding carboxylic acids is 1.